The molecule has 7 heteroatoms. The van der Waals surface area contributed by atoms with E-state index in [1.165, 1.54) is 6.33 Å². The Morgan fingerprint density at radius 1 is 1.35 bits per heavy atom. The summed E-state index contributed by atoms with van der Waals surface area (Å²) in [6, 6.07) is 5.21. The molecule has 6 nitrogen and oxygen atoms in total. The van der Waals surface area contributed by atoms with E-state index in [2.05, 4.69) is 15.3 Å². The zero-order valence-electron chi connectivity index (χ0n) is 11.4. The van der Waals surface area contributed by atoms with Crippen LogP contribution >= 0.6 is 7.37 Å². The molecule has 0 saturated heterocycles. The average molecular weight is 293 g/mol. The molecule has 2 rings (SSSR count). The summed E-state index contributed by atoms with van der Waals surface area (Å²) in [5, 5.41) is 3.37. The molecule has 0 saturated carbocycles. The van der Waals surface area contributed by atoms with Gasteiger partial charge in [-0.1, -0.05) is 13.8 Å². The fourth-order valence-electron chi connectivity index (χ4n) is 1.71. The van der Waals surface area contributed by atoms with Gasteiger partial charge in [0, 0.05) is 29.6 Å². The van der Waals surface area contributed by atoms with Crippen molar-refractivity contribution in [3.8, 4) is 0 Å². The quantitative estimate of drug-likeness (QED) is 0.872. The Morgan fingerprint density at radius 2 is 2.10 bits per heavy atom. The maximum absolute atomic E-state index is 12.1. The first-order valence-corrected chi connectivity index (χ1v) is 8.34. The van der Waals surface area contributed by atoms with Crippen molar-refractivity contribution in [2.24, 2.45) is 0 Å². The third kappa shape index (κ3) is 3.33. The second kappa shape index (κ2) is 6.01. The predicted molar refractivity (Wildman–Crippen MR) is 78.3 cm³/mol. The van der Waals surface area contributed by atoms with Crippen molar-refractivity contribution in [3.63, 3.8) is 0 Å². The van der Waals surface area contributed by atoms with Crippen LogP contribution in [-0.4, -0.2) is 28.4 Å². The normalized spacial score (nSPS) is 11.3. The minimum Gasteiger partial charge on any atom is -0.396 e. The van der Waals surface area contributed by atoms with E-state index in [4.69, 9.17) is 4.52 Å². The number of carbonyl (C=O) groups excluding carboxylic acids is 1. The van der Waals surface area contributed by atoms with Gasteiger partial charge >= 0.3 is 6.09 Å². The highest BCUT2D eigenvalue weighted by Crippen LogP contribution is 2.46. The average Bonchev–Trinajstić information content (AvgIpc) is 2.47. The maximum atomic E-state index is 12.1. The van der Waals surface area contributed by atoms with Crippen LogP contribution in [0, 0.1) is 0 Å². The molecule has 1 aromatic carbocycles. The topological polar surface area (TPSA) is 81.2 Å². The third-order valence-corrected chi connectivity index (χ3v) is 5.39. The second-order valence-corrected chi connectivity index (χ2v) is 7.32. The Kier molecular flexibility index (Phi) is 4.35. The van der Waals surface area contributed by atoms with E-state index < -0.39 is 13.5 Å². The van der Waals surface area contributed by atoms with Crippen LogP contribution in [0.1, 0.15) is 13.8 Å². The number of benzene rings is 1. The van der Waals surface area contributed by atoms with Crippen LogP contribution in [0.4, 0.5) is 10.5 Å². The van der Waals surface area contributed by atoms with Crippen molar-refractivity contribution in [3.05, 3.63) is 30.7 Å². The molecule has 0 radical (unpaired) electrons. The summed E-state index contributed by atoms with van der Waals surface area (Å²) in [4.78, 5) is 19.8. The molecule has 20 heavy (non-hydrogen) atoms. The van der Waals surface area contributed by atoms with Crippen LogP contribution in [0.3, 0.4) is 0 Å². The molecule has 1 amide bonds. The number of fused-ring (bicyclic) bond motifs is 1. The summed E-state index contributed by atoms with van der Waals surface area (Å²) in [5.74, 6) is 0. The molecule has 1 heterocycles. The van der Waals surface area contributed by atoms with Gasteiger partial charge in [-0.2, -0.15) is 0 Å². The summed E-state index contributed by atoms with van der Waals surface area (Å²) in [6.07, 6.45) is 3.09. The minimum atomic E-state index is -2.86. The molecule has 0 aliphatic heterocycles. The smallest absolute Gasteiger partial charge is 0.396 e. The van der Waals surface area contributed by atoms with Crippen molar-refractivity contribution in [1.29, 1.82) is 0 Å². The number of anilines is 1. The van der Waals surface area contributed by atoms with Crippen molar-refractivity contribution in [2.75, 3.05) is 17.6 Å². The van der Waals surface area contributed by atoms with Crippen molar-refractivity contribution in [2.45, 2.75) is 13.8 Å². The standard InChI is InChI=1S/C13H16N3O3P/c1-3-20(18,4-2)19-13(17)16-11-5-6-12-10(7-11)8-14-9-15-12/h5-9H,3-4H2,1-2H3,(H,16,17). The molecule has 0 aliphatic rings. The molecular weight excluding hydrogens is 277 g/mol. The lowest BCUT2D eigenvalue weighted by Crippen LogP contribution is -2.13. The zero-order chi connectivity index (χ0) is 14.6. The number of hydrogen-bond acceptors (Lipinski definition) is 5. The lowest BCUT2D eigenvalue weighted by molar-refractivity contribution is 0.216. The lowest BCUT2D eigenvalue weighted by atomic mass is 10.2. The third-order valence-electron chi connectivity index (χ3n) is 2.96. The van der Waals surface area contributed by atoms with Crippen molar-refractivity contribution < 1.29 is 13.9 Å². The monoisotopic (exact) mass is 293 g/mol. The van der Waals surface area contributed by atoms with Gasteiger partial charge < -0.3 is 4.52 Å². The Labute approximate surface area is 117 Å². The molecular formula is C13H16N3O3P. The van der Waals surface area contributed by atoms with Crippen LogP contribution in [0.5, 0.6) is 0 Å². The van der Waals surface area contributed by atoms with E-state index in [1.807, 2.05) is 0 Å². The van der Waals surface area contributed by atoms with Gasteiger partial charge in [-0.15, -0.1) is 0 Å². The van der Waals surface area contributed by atoms with Gasteiger partial charge in [0.15, 0.2) is 0 Å². The summed E-state index contributed by atoms with van der Waals surface area (Å²) >= 11 is 0. The van der Waals surface area contributed by atoms with Gasteiger partial charge in [0.05, 0.1) is 5.52 Å². The highest BCUT2D eigenvalue weighted by atomic mass is 31.2. The first-order chi connectivity index (χ1) is 9.56. The number of rotatable bonds is 4. The second-order valence-electron chi connectivity index (χ2n) is 4.25. The predicted octanol–water partition coefficient (Wildman–Crippen LogP) is 3.50. The first-order valence-electron chi connectivity index (χ1n) is 6.34. The van der Waals surface area contributed by atoms with Gasteiger partial charge in [-0.3, -0.25) is 9.88 Å². The van der Waals surface area contributed by atoms with E-state index in [0.717, 1.165) is 10.9 Å². The summed E-state index contributed by atoms with van der Waals surface area (Å²) in [7, 11) is -2.86. The molecule has 2 aromatic rings. The van der Waals surface area contributed by atoms with Crippen LogP contribution < -0.4 is 5.32 Å². The SMILES string of the molecule is CCP(=O)(CC)OC(=O)Nc1ccc2ncncc2c1. The van der Waals surface area contributed by atoms with E-state index in [-0.39, 0.29) is 0 Å². The Hall–Kier alpha value is -1.94. The zero-order valence-corrected chi connectivity index (χ0v) is 12.3. The first kappa shape index (κ1) is 14.5. The summed E-state index contributed by atoms with van der Waals surface area (Å²) < 4.78 is 17.1. The fraction of sp³-hybridized carbons (Fsp3) is 0.308. The van der Waals surface area contributed by atoms with E-state index in [0.29, 0.717) is 18.0 Å². The molecule has 0 unspecified atom stereocenters. The van der Waals surface area contributed by atoms with Crippen LogP contribution in [0.25, 0.3) is 10.9 Å². The number of carbonyl (C=O) groups is 1. The van der Waals surface area contributed by atoms with Gasteiger partial charge in [-0.05, 0) is 18.2 Å². The van der Waals surface area contributed by atoms with Crippen LogP contribution in [0.15, 0.2) is 30.7 Å². The molecule has 0 spiro atoms. The molecule has 0 aliphatic carbocycles. The summed E-state index contributed by atoms with van der Waals surface area (Å²) in [6.45, 7) is 3.48. The highest BCUT2D eigenvalue weighted by molar-refractivity contribution is 7.59. The molecule has 1 aromatic heterocycles. The van der Waals surface area contributed by atoms with Gasteiger partial charge in [0.1, 0.15) is 6.33 Å². The molecule has 1 N–H and O–H groups in total. The molecule has 0 bridgehead atoms. The molecule has 0 atom stereocenters. The van der Waals surface area contributed by atoms with E-state index in [1.54, 1.807) is 38.2 Å². The number of amides is 1. The number of nitrogens with zero attached hydrogens (tertiary/aromatic N) is 2. The Morgan fingerprint density at radius 3 is 2.80 bits per heavy atom. The van der Waals surface area contributed by atoms with E-state index in [9.17, 15) is 9.36 Å². The van der Waals surface area contributed by atoms with Gasteiger partial charge in [-0.25, -0.2) is 14.8 Å². The summed E-state index contributed by atoms with van der Waals surface area (Å²) in [5.41, 5.74) is 1.34. The highest BCUT2D eigenvalue weighted by Gasteiger charge is 2.22. The molecule has 106 valence electrons. The number of hydrogen-bond donors (Lipinski definition) is 1. The number of nitrogens with one attached hydrogen (secondary N) is 1. The van der Waals surface area contributed by atoms with Crippen molar-refractivity contribution >= 4 is 30.1 Å². The largest absolute Gasteiger partial charge is 0.416 e. The van der Waals surface area contributed by atoms with E-state index >= 15 is 0 Å². The number of aromatic nitrogens is 2. The van der Waals surface area contributed by atoms with Crippen LogP contribution in [-0.2, 0) is 9.09 Å². The maximum Gasteiger partial charge on any atom is 0.416 e. The molecule has 0 fully saturated rings. The van der Waals surface area contributed by atoms with Crippen LogP contribution in [0.2, 0.25) is 0 Å². The van der Waals surface area contributed by atoms with Crippen molar-refractivity contribution in [1.82, 2.24) is 9.97 Å². The van der Waals surface area contributed by atoms with Gasteiger partial charge in [0.25, 0.3) is 7.37 Å². The van der Waals surface area contributed by atoms with Gasteiger partial charge in [0.2, 0.25) is 0 Å². The lowest BCUT2D eigenvalue weighted by Gasteiger charge is -2.15. The minimum absolute atomic E-state index is 0.336. The Bertz CT molecular complexity index is 667. The fourth-order valence-corrected chi connectivity index (χ4v) is 2.76. The Balaban J connectivity index is 2.12.